The average Bonchev–Trinajstić information content (AvgIpc) is 3.07. The van der Waals surface area contributed by atoms with Gasteiger partial charge in [0.25, 0.3) is 0 Å². The van der Waals surface area contributed by atoms with Gasteiger partial charge in [0, 0.05) is 5.69 Å². The van der Waals surface area contributed by atoms with Crippen LogP contribution in [0.2, 0.25) is 0 Å². The summed E-state index contributed by atoms with van der Waals surface area (Å²) in [4.78, 5) is 15.6. The summed E-state index contributed by atoms with van der Waals surface area (Å²) in [6.07, 6.45) is 1.60. The fourth-order valence-corrected chi connectivity index (χ4v) is 2.73. The summed E-state index contributed by atoms with van der Waals surface area (Å²) in [6, 6.07) is 1.40. The van der Waals surface area contributed by atoms with E-state index in [1.165, 1.54) is 13.0 Å². The lowest BCUT2D eigenvalue weighted by molar-refractivity contribution is -0.185. The Morgan fingerprint density at radius 1 is 1.67 bits per heavy atom. The van der Waals surface area contributed by atoms with Gasteiger partial charge in [0.05, 0.1) is 0 Å². The molecule has 112 valence electrons. The standard InChI is InChI=1S/C13H14FN3O4/c1-4-12(14)9-13(20-9,7(3)18)21-10(12)17-6(2)5-8(15)16-11(17)19/h1,5,7,9-10,18H,2-3H3,(H2,15,16,19)/t7-,9-,10-,12?,13?/m1/s1. The zero-order chi connectivity index (χ0) is 15.6. The summed E-state index contributed by atoms with van der Waals surface area (Å²) in [5, 5.41) is 9.72. The van der Waals surface area contributed by atoms with E-state index >= 15 is 4.39 Å². The van der Waals surface area contributed by atoms with E-state index in [-0.39, 0.29) is 5.82 Å². The van der Waals surface area contributed by atoms with E-state index in [4.69, 9.17) is 21.6 Å². The number of rotatable bonds is 2. The van der Waals surface area contributed by atoms with Crippen molar-refractivity contribution in [1.29, 1.82) is 0 Å². The molecular formula is C13H14FN3O4. The summed E-state index contributed by atoms with van der Waals surface area (Å²) < 4.78 is 26.6. The maximum atomic E-state index is 15.1. The number of ether oxygens (including phenoxy) is 2. The summed E-state index contributed by atoms with van der Waals surface area (Å²) >= 11 is 0. The molecule has 3 rings (SSSR count). The number of nitrogens with zero attached hydrogens (tertiary/aromatic N) is 2. The molecule has 5 atom stereocenters. The van der Waals surface area contributed by atoms with Crippen LogP contribution in [0.1, 0.15) is 18.8 Å². The van der Waals surface area contributed by atoms with Crippen molar-refractivity contribution in [2.75, 3.05) is 5.73 Å². The molecule has 21 heavy (non-hydrogen) atoms. The van der Waals surface area contributed by atoms with Crippen molar-refractivity contribution in [3.05, 3.63) is 22.2 Å². The van der Waals surface area contributed by atoms with Crippen LogP contribution in [-0.4, -0.2) is 38.3 Å². The number of nitrogens with two attached hydrogens (primary N) is 1. The third-order valence-electron chi connectivity index (χ3n) is 3.85. The summed E-state index contributed by atoms with van der Waals surface area (Å²) in [5.74, 6) is 0.471. The number of epoxide rings is 1. The molecule has 1 aromatic heterocycles. The van der Waals surface area contributed by atoms with Crippen LogP contribution in [0.3, 0.4) is 0 Å². The fourth-order valence-electron chi connectivity index (χ4n) is 2.73. The summed E-state index contributed by atoms with van der Waals surface area (Å²) in [6.45, 7) is 2.95. The van der Waals surface area contributed by atoms with Gasteiger partial charge in [0.2, 0.25) is 11.5 Å². The van der Waals surface area contributed by atoms with Gasteiger partial charge in [0.15, 0.2) is 12.3 Å². The van der Waals surface area contributed by atoms with Crippen molar-refractivity contribution in [3.63, 3.8) is 0 Å². The molecule has 0 spiro atoms. The Balaban J connectivity index is 2.12. The molecule has 2 aliphatic rings. The number of aryl methyl sites for hydroxylation is 1. The van der Waals surface area contributed by atoms with Crippen molar-refractivity contribution in [2.24, 2.45) is 0 Å². The van der Waals surface area contributed by atoms with E-state index < -0.39 is 35.6 Å². The Bertz CT molecular complexity index is 712. The van der Waals surface area contributed by atoms with Crippen LogP contribution >= 0.6 is 0 Å². The summed E-state index contributed by atoms with van der Waals surface area (Å²) in [7, 11) is 0. The molecular weight excluding hydrogens is 281 g/mol. The molecule has 7 nitrogen and oxygen atoms in total. The number of aromatic nitrogens is 2. The minimum Gasteiger partial charge on any atom is -0.388 e. The van der Waals surface area contributed by atoms with E-state index in [9.17, 15) is 9.90 Å². The van der Waals surface area contributed by atoms with Gasteiger partial charge in [-0.1, -0.05) is 5.92 Å². The molecule has 0 saturated carbocycles. The van der Waals surface area contributed by atoms with Crippen LogP contribution in [0, 0.1) is 19.3 Å². The highest BCUT2D eigenvalue weighted by atomic mass is 19.1. The zero-order valence-electron chi connectivity index (χ0n) is 11.4. The molecule has 2 aliphatic heterocycles. The number of alkyl halides is 1. The maximum absolute atomic E-state index is 15.1. The molecule has 0 aromatic carbocycles. The highest BCUT2D eigenvalue weighted by molar-refractivity contribution is 5.32. The van der Waals surface area contributed by atoms with Crippen molar-refractivity contribution in [1.82, 2.24) is 9.55 Å². The minimum absolute atomic E-state index is 0.0172. The number of anilines is 1. The van der Waals surface area contributed by atoms with Crippen LogP contribution in [0.25, 0.3) is 0 Å². The van der Waals surface area contributed by atoms with Crippen molar-refractivity contribution < 1.29 is 19.0 Å². The SMILES string of the molecule is C#CC1(F)[C@H]2OC2([C@@H](C)O)O[C@H]1n1c(C)cc(N)nc1=O. The van der Waals surface area contributed by atoms with Crippen LogP contribution in [0.5, 0.6) is 0 Å². The van der Waals surface area contributed by atoms with Gasteiger partial charge in [0.1, 0.15) is 11.9 Å². The van der Waals surface area contributed by atoms with Gasteiger partial charge in [-0.05, 0) is 19.9 Å². The lowest BCUT2D eigenvalue weighted by Crippen LogP contribution is -2.42. The average molecular weight is 295 g/mol. The Hall–Kier alpha value is -1.95. The van der Waals surface area contributed by atoms with Gasteiger partial charge in [-0.25, -0.2) is 9.18 Å². The smallest absolute Gasteiger partial charge is 0.351 e. The van der Waals surface area contributed by atoms with Gasteiger partial charge >= 0.3 is 5.69 Å². The second-order valence-electron chi connectivity index (χ2n) is 5.25. The first kappa shape index (κ1) is 14.0. The van der Waals surface area contributed by atoms with E-state index in [0.717, 1.165) is 4.57 Å². The molecule has 3 N–H and O–H groups in total. The number of hydrogen-bond acceptors (Lipinski definition) is 6. The first-order valence-corrected chi connectivity index (χ1v) is 6.32. The normalized spacial score (nSPS) is 38.6. The number of hydrogen-bond donors (Lipinski definition) is 2. The van der Waals surface area contributed by atoms with Crippen LogP contribution < -0.4 is 11.4 Å². The number of nitrogen functional groups attached to an aromatic ring is 1. The topological polar surface area (TPSA) is 103 Å². The Morgan fingerprint density at radius 2 is 2.33 bits per heavy atom. The Labute approximate surface area is 119 Å². The number of aliphatic hydroxyl groups excluding tert-OH is 1. The Kier molecular flexibility index (Phi) is 2.69. The van der Waals surface area contributed by atoms with E-state index in [2.05, 4.69) is 4.98 Å². The third kappa shape index (κ3) is 1.65. The molecule has 0 bridgehead atoms. The lowest BCUT2D eigenvalue weighted by Gasteiger charge is -2.27. The Morgan fingerprint density at radius 3 is 2.86 bits per heavy atom. The van der Waals surface area contributed by atoms with Gasteiger partial charge < -0.3 is 20.3 Å². The zero-order valence-corrected chi connectivity index (χ0v) is 11.4. The van der Waals surface area contributed by atoms with E-state index in [1.54, 1.807) is 6.92 Å². The van der Waals surface area contributed by atoms with E-state index in [1.807, 2.05) is 5.92 Å². The molecule has 2 unspecified atom stereocenters. The number of terminal acetylenes is 1. The maximum Gasteiger partial charge on any atom is 0.351 e. The fraction of sp³-hybridized carbons (Fsp3) is 0.538. The first-order chi connectivity index (χ1) is 9.76. The third-order valence-corrected chi connectivity index (χ3v) is 3.85. The number of fused-ring (bicyclic) bond motifs is 1. The monoisotopic (exact) mass is 295 g/mol. The number of halogens is 1. The lowest BCUT2D eigenvalue weighted by atomic mass is 9.98. The molecule has 0 aliphatic carbocycles. The van der Waals surface area contributed by atoms with Gasteiger partial charge in [-0.3, -0.25) is 4.57 Å². The predicted molar refractivity (Wildman–Crippen MR) is 69.7 cm³/mol. The largest absolute Gasteiger partial charge is 0.388 e. The van der Waals surface area contributed by atoms with Gasteiger partial charge in [-0.15, -0.1) is 6.42 Å². The molecule has 3 heterocycles. The quantitative estimate of drug-likeness (QED) is 0.562. The summed E-state index contributed by atoms with van der Waals surface area (Å²) in [5.41, 5.74) is 2.65. The predicted octanol–water partition coefficient (Wildman–Crippen LogP) is -0.520. The van der Waals surface area contributed by atoms with E-state index in [0.29, 0.717) is 5.69 Å². The van der Waals surface area contributed by atoms with Crippen LogP contribution in [0.15, 0.2) is 10.9 Å². The van der Waals surface area contributed by atoms with Gasteiger partial charge in [-0.2, -0.15) is 4.98 Å². The van der Waals surface area contributed by atoms with Crippen LogP contribution in [0.4, 0.5) is 10.2 Å². The van der Waals surface area contributed by atoms with Crippen molar-refractivity contribution >= 4 is 5.82 Å². The molecule has 0 amide bonds. The number of aliphatic hydroxyl groups is 1. The molecule has 1 aromatic rings. The molecule has 0 radical (unpaired) electrons. The molecule has 2 saturated heterocycles. The second-order valence-corrected chi connectivity index (χ2v) is 5.25. The molecule has 2 fully saturated rings. The molecule has 8 heteroatoms. The first-order valence-electron chi connectivity index (χ1n) is 6.32. The highest BCUT2D eigenvalue weighted by Crippen LogP contribution is 2.60. The minimum atomic E-state index is -2.39. The highest BCUT2D eigenvalue weighted by Gasteiger charge is 2.80. The van der Waals surface area contributed by atoms with Crippen LogP contribution in [-0.2, 0) is 9.47 Å². The van der Waals surface area contributed by atoms with Crippen molar-refractivity contribution in [3.8, 4) is 12.3 Å². The van der Waals surface area contributed by atoms with Crippen molar-refractivity contribution in [2.45, 2.75) is 43.7 Å². The second kappa shape index (κ2) is 4.04.